The van der Waals surface area contributed by atoms with E-state index in [1.54, 1.807) is 27.7 Å². The van der Waals surface area contributed by atoms with Crippen LogP contribution in [0.1, 0.15) is 40.5 Å². The minimum Gasteiger partial charge on any atom is -0.326 e. The summed E-state index contributed by atoms with van der Waals surface area (Å²) in [4.78, 5) is 34.3. The fourth-order valence-electron chi connectivity index (χ4n) is 3.65. The highest BCUT2D eigenvalue weighted by Gasteiger charge is 2.55. The molecule has 2 rings (SSSR count). The lowest BCUT2D eigenvalue weighted by Crippen LogP contribution is -2.55. The average Bonchev–Trinajstić information content (AvgIpc) is 2.50. The van der Waals surface area contributed by atoms with Gasteiger partial charge in [0.1, 0.15) is 0 Å². The molecule has 1 aromatic rings. The van der Waals surface area contributed by atoms with Gasteiger partial charge >= 0.3 is 10.1 Å². The van der Waals surface area contributed by atoms with Gasteiger partial charge in [0.2, 0.25) is 17.0 Å². The normalized spacial score (nSPS) is 19.5. The predicted octanol–water partition coefficient (Wildman–Crippen LogP) is 2.53. The molecule has 1 aliphatic rings. The van der Waals surface area contributed by atoms with Crippen LogP contribution in [0, 0.1) is 20.9 Å². The Labute approximate surface area is 156 Å². The fourth-order valence-corrected chi connectivity index (χ4v) is 4.29. The van der Waals surface area contributed by atoms with Crippen LogP contribution in [0.25, 0.3) is 0 Å². The van der Waals surface area contributed by atoms with Crippen molar-refractivity contribution in [2.45, 2.75) is 56.5 Å². The third kappa shape index (κ3) is 4.30. The lowest BCUT2D eigenvalue weighted by molar-refractivity contribution is -0.694. The minimum atomic E-state index is -4.78. The number of nitroso groups, excluding NO2 is 1. The van der Waals surface area contributed by atoms with Gasteiger partial charge in [-0.05, 0) is 12.1 Å². The van der Waals surface area contributed by atoms with E-state index in [9.17, 15) is 28.2 Å². The summed E-state index contributed by atoms with van der Waals surface area (Å²) in [5.41, 5.74) is -2.33. The number of benzene rings is 1. The number of nitro benzene ring substituents is 1. The first kappa shape index (κ1) is 20.9. The summed E-state index contributed by atoms with van der Waals surface area (Å²) >= 11 is 0. The quantitative estimate of drug-likeness (QED) is 0.341. The topological polar surface area (TPSA) is 147 Å². The molecular weight excluding hydrogens is 378 g/mol. The fraction of sp³-hybridized carbons (Fsp3) is 0.562. The molecule has 0 spiro atoms. The maximum atomic E-state index is 12.6. The third-order valence-electron chi connectivity index (χ3n) is 4.66. The summed E-state index contributed by atoms with van der Waals surface area (Å²) in [6.45, 7) is 6.97. The van der Waals surface area contributed by atoms with Crippen molar-refractivity contribution in [1.29, 1.82) is 0 Å². The van der Waals surface area contributed by atoms with Crippen molar-refractivity contribution in [3.63, 3.8) is 0 Å². The number of hydrogen-bond donors (Lipinski definition) is 2. The molecule has 0 saturated carbocycles. The van der Waals surface area contributed by atoms with Crippen molar-refractivity contribution >= 4 is 27.4 Å². The first-order valence-electron chi connectivity index (χ1n) is 8.19. The minimum absolute atomic E-state index is 0.0271. The highest BCUT2D eigenvalue weighted by molar-refractivity contribution is 7.86. The summed E-state index contributed by atoms with van der Waals surface area (Å²) in [7, 11) is -4.78. The number of nitrogens with one attached hydrogen (secondary N) is 1. The molecule has 0 radical (unpaired) electrons. The second-order valence-corrected chi connectivity index (χ2v) is 9.32. The number of nitro groups is 1. The van der Waals surface area contributed by atoms with Gasteiger partial charge in [-0.3, -0.25) is 19.5 Å². The number of anilines is 1. The molecule has 1 saturated heterocycles. The van der Waals surface area contributed by atoms with E-state index >= 15 is 0 Å². The summed E-state index contributed by atoms with van der Waals surface area (Å²) in [6, 6.07) is 2.89. The SMILES string of the molecule is CC1(C)CC(C(=O)Nc2ccc(S(=O)(=O)O)c([N+](=O)[O-])c2)CC(C)(C)[N+]1=O. The Morgan fingerprint density at radius 2 is 1.78 bits per heavy atom. The molecule has 1 heterocycles. The zero-order valence-electron chi connectivity index (χ0n) is 15.4. The van der Waals surface area contributed by atoms with Gasteiger partial charge < -0.3 is 5.32 Å². The van der Waals surface area contributed by atoms with Gasteiger partial charge in [-0.1, -0.05) is 0 Å². The standard InChI is InChI=1S/C16H21N3O7S/c1-15(2)8-10(9-16(3,4)19(15)23)14(20)17-11-5-6-13(27(24,25)26)12(7-11)18(21)22/h5-7,10H,8-9H2,1-4H3,(H-,17,20,24,25,26)/p+1. The average molecular weight is 400 g/mol. The van der Waals surface area contributed by atoms with Crippen LogP contribution in [0.5, 0.6) is 0 Å². The lowest BCUT2D eigenvalue weighted by Gasteiger charge is -2.35. The van der Waals surface area contributed by atoms with Crippen molar-refractivity contribution in [2.24, 2.45) is 5.92 Å². The summed E-state index contributed by atoms with van der Waals surface area (Å²) in [5, 5.41) is 13.6. The van der Waals surface area contributed by atoms with E-state index in [0.29, 0.717) is 12.8 Å². The molecule has 11 heteroatoms. The van der Waals surface area contributed by atoms with Crippen LogP contribution in [0.2, 0.25) is 0 Å². The van der Waals surface area contributed by atoms with E-state index in [4.69, 9.17) is 4.55 Å². The van der Waals surface area contributed by atoms with Crippen molar-refractivity contribution in [3.8, 4) is 0 Å². The predicted molar refractivity (Wildman–Crippen MR) is 96.1 cm³/mol. The Morgan fingerprint density at radius 1 is 1.26 bits per heavy atom. The summed E-state index contributed by atoms with van der Waals surface area (Å²) < 4.78 is 32.5. The molecule has 0 aliphatic carbocycles. The maximum Gasteiger partial charge on any atom is 0.301 e. The van der Waals surface area contributed by atoms with Gasteiger partial charge in [0.15, 0.2) is 4.90 Å². The molecule has 1 amide bonds. The Kier molecular flexibility index (Phi) is 5.14. The first-order valence-corrected chi connectivity index (χ1v) is 9.63. The molecule has 0 aromatic heterocycles. The molecule has 1 aromatic carbocycles. The van der Waals surface area contributed by atoms with E-state index < -0.39 is 48.5 Å². The molecule has 148 valence electrons. The van der Waals surface area contributed by atoms with Crippen molar-refractivity contribution in [2.75, 3.05) is 5.32 Å². The van der Waals surface area contributed by atoms with E-state index in [1.807, 2.05) is 0 Å². The molecule has 0 atom stereocenters. The zero-order chi connectivity index (χ0) is 20.8. The van der Waals surface area contributed by atoms with Crippen LogP contribution in [0.3, 0.4) is 0 Å². The molecule has 1 aliphatic heterocycles. The highest BCUT2D eigenvalue weighted by Crippen LogP contribution is 2.38. The van der Waals surface area contributed by atoms with Gasteiger partial charge in [0, 0.05) is 62.0 Å². The van der Waals surface area contributed by atoms with Crippen LogP contribution in [-0.2, 0) is 14.9 Å². The second-order valence-electron chi connectivity index (χ2n) is 7.93. The number of hydrogen-bond acceptors (Lipinski definition) is 6. The molecule has 27 heavy (non-hydrogen) atoms. The monoisotopic (exact) mass is 400 g/mol. The maximum absolute atomic E-state index is 12.6. The third-order valence-corrected chi connectivity index (χ3v) is 5.56. The van der Waals surface area contributed by atoms with Crippen LogP contribution in [-0.4, -0.2) is 39.6 Å². The zero-order valence-corrected chi connectivity index (χ0v) is 16.2. The first-order chi connectivity index (χ1) is 12.1. The van der Waals surface area contributed by atoms with Crippen molar-refractivity contribution < 1.29 is 27.4 Å². The lowest BCUT2D eigenvalue weighted by atomic mass is 9.75. The molecule has 10 nitrogen and oxygen atoms in total. The molecule has 0 bridgehead atoms. The van der Waals surface area contributed by atoms with E-state index in [-0.39, 0.29) is 5.69 Å². The van der Waals surface area contributed by atoms with Gasteiger partial charge in [-0.15, -0.1) is 0 Å². The van der Waals surface area contributed by atoms with Gasteiger partial charge in [-0.25, -0.2) is 0 Å². The molecule has 0 unspecified atom stereocenters. The Morgan fingerprint density at radius 3 is 2.22 bits per heavy atom. The Hall–Kier alpha value is -2.40. The molecule has 1 fully saturated rings. The van der Waals surface area contributed by atoms with Gasteiger partial charge in [0.05, 0.1) is 10.8 Å². The number of amides is 1. The van der Waals surface area contributed by atoms with Crippen LogP contribution < -0.4 is 5.32 Å². The second kappa shape index (κ2) is 6.64. The smallest absolute Gasteiger partial charge is 0.301 e. The highest BCUT2D eigenvalue weighted by atomic mass is 32.2. The molecule has 2 N–H and O–H groups in total. The number of piperidine rings is 1. The number of carbonyl (C=O) groups excluding carboxylic acids is 1. The van der Waals surface area contributed by atoms with Crippen molar-refractivity contribution in [1.82, 2.24) is 0 Å². The van der Waals surface area contributed by atoms with Gasteiger partial charge in [0.25, 0.3) is 5.69 Å². The molecular formula is C16H22N3O7S+. The van der Waals surface area contributed by atoms with Crippen molar-refractivity contribution in [3.05, 3.63) is 33.2 Å². The number of nitrogens with zero attached hydrogens (tertiary/aromatic N) is 2. The van der Waals surface area contributed by atoms with Crippen LogP contribution >= 0.6 is 0 Å². The summed E-state index contributed by atoms with van der Waals surface area (Å²) in [5.74, 6) is -0.918. The largest absolute Gasteiger partial charge is 0.326 e. The Bertz CT molecular complexity index is 902. The van der Waals surface area contributed by atoms with Crippen LogP contribution in [0.4, 0.5) is 11.4 Å². The number of carbonyl (C=O) groups is 1. The van der Waals surface area contributed by atoms with E-state index in [0.717, 1.165) is 23.0 Å². The summed E-state index contributed by atoms with van der Waals surface area (Å²) in [6.07, 6.45) is 0.605. The number of rotatable bonds is 4. The van der Waals surface area contributed by atoms with E-state index in [1.165, 1.54) is 0 Å². The van der Waals surface area contributed by atoms with Gasteiger partial charge in [-0.2, -0.15) is 8.42 Å². The van der Waals surface area contributed by atoms with E-state index in [2.05, 4.69) is 5.32 Å². The Balaban J connectivity index is 2.30. The van der Waals surface area contributed by atoms with Crippen LogP contribution in [0.15, 0.2) is 23.1 Å².